The van der Waals surface area contributed by atoms with E-state index in [0.29, 0.717) is 12.1 Å². The van der Waals surface area contributed by atoms with Crippen LogP contribution in [0.2, 0.25) is 0 Å². The molecule has 2 heterocycles. The number of imidazole rings is 1. The fourth-order valence-electron chi connectivity index (χ4n) is 2.18. The van der Waals surface area contributed by atoms with Gasteiger partial charge in [-0.1, -0.05) is 37.3 Å². The summed E-state index contributed by atoms with van der Waals surface area (Å²) < 4.78 is 1.74. The summed E-state index contributed by atoms with van der Waals surface area (Å²) in [6, 6.07) is 9.77. The van der Waals surface area contributed by atoms with Gasteiger partial charge in [0.1, 0.15) is 0 Å². The van der Waals surface area contributed by atoms with Gasteiger partial charge in [-0.2, -0.15) is 0 Å². The molecule has 0 aliphatic rings. The number of rotatable bonds is 3. The summed E-state index contributed by atoms with van der Waals surface area (Å²) in [7, 11) is 0. The number of fused-ring (bicyclic) bond motifs is 1. The Labute approximate surface area is 114 Å². The molecule has 96 valence electrons. The van der Waals surface area contributed by atoms with Gasteiger partial charge in [0.2, 0.25) is 0 Å². The number of aromatic nitrogens is 2. The van der Waals surface area contributed by atoms with Crippen LogP contribution in [0.25, 0.3) is 16.2 Å². The van der Waals surface area contributed by atoms with E-state index < -0.39 is 5.97 Å². The molecule has 0 spiro atoms. The van der Waals surface area contributed by atoms with Gasteiger partial charge in [0.05, 0.1) is 11.4 Å². The van der Waals surface area contributed by atoms with Gasteiger partial charge in [-0.3, -0.25) is 4.40 Å². The van der Waals surface area contributed by atoms with E-state index in [4.69, 9.17) is 0 Å². The molecule has 3 aromatic rings. The summed E-state index contributed by atoms with van der Waals surface area (Å²) in [6.45, 7) is 1.92. The van der Waals surface area contributed by atoms with Crippen LogP contribution < -0.4 is 0 Å². The summed E-state index contributed by atoms with van der Waals surface area (Å²) in [6.07, 6.45) is 0.615. The van der Waals surface area contributed by atoms with E-state index in [0.717, 1.165) is 16.2 Å². The van der Waals surface area contributed by atoms with E-state index in [1.807, 2.05) is 42.6 Å². The molecule has 0 saturated heterocycles. The number of benzene rings is 1. The molecule has 2 aromatic heterocycles. The normalized spacial score (nSPS) is 11.0. The SMILES string of the molecule is CCc1nc2scc(-c3ccccc3)n2c1C(=O)O. The number of aryl methyl sites for hydroxylation is 1. The molecule has 0 bridgehead atoms. The Morgan fingerprint density at radius 3 is 2.74 bits per heavy atom. The lowest BCUT2D eigenvalue weighted by Crippen LogP contribution is -2.05. The maximum absolute atomic E-state index is 11.5. The lowest BCUT2D eigenvalue weighted by Gasteiger charge is -2.02. The first kappa shape index (κ1) is 11.9. The fourth-order valence-corrected chi connectivity index (χ4v) is 3.09. The molecule has 0 unspecified atom stereocenters. The highest BCUT2D eigenvalue weighted by molar-refractivity contribution is 7.15. The van der Waals surface area contributed by atoms with Gasteiger partial charge in [-0.25, -0.2) is 9.78 Å². The van der Waals surface area contributed by atoms with Gasteiger partial charge in [-0.15, -0.1) is 11.3 Å². The van der Waals surface area contributed by atoms with Crippen molar-refractivity contribution in [1.82, 2.24) is 9.38 Å². The molecule has 0 saturated carbocycles. The number of carboxylic acid groups (broad SMARTS) is 1. The third-order valence-electron chi connectivity index (χ3n) is 3.04. The highest BCUT2D eigenvalue weighted by Crippen LogP contribution is 2.29. The van der Waals surface area contributed by atoms with Crippen LogP contribution in [0.5, 0.6) is 0 Å². The number of aromatic carboxylic acids is 1. The van der Waals surface area contributed by atoms with Crippen molar-refractivity contribution in [3.63, 3.8) is 0 Å². The van der Waals surface area contributed by atoms with Crippen LogP contribution in [0.1, 0.15) is 23.1 Å². The molecule has 0 aliphatic carbocycles. The molecular formula is C14H12N2O2S. The second-order valence-electron chi connectivity index (χ2n) is 4.17. The topological polar surface area (TPSA) is 54.6 Å². The molecule has 4 nitrogen and oxygen atoms in total. The van der Waals surface area contributed by atoms with Crippen molar-refractivity contribution < 1.29 is 9.90 Å². The van der Waals surface area contributed by atoms with Crippen molar-refractivity contribution in [3.05, 3.63) is 47.1 Å². The van der Waals surface area contributed by atoms with E-state index in [2.05, 4.69) is 4.98 Å². The predicted molar refractivity (Wildman–Crippen MR) is 74.8 cm³/mol. The Morgan fingerprint density at radius 1 is 1.37 bits per heavy atom. The quantitative estimate of drug-likeness (QED) is 0.795. The Bertz CT molecular complexity index is 743. The minimum Gasteiger partial charge on any atom is -0.477 e. The number of thiazole rings is 1. The monoisotopic (exact) mass is 272 g/mol. The average molecular weight is 272 g/mol. The minimum atomic E-state index is -0.931. The van der Waals surface area contributed by atoms with Crippen LogP contribution in [0.3, 0.4) is 0 Å². The lowest BCUT2D eigenvalue weighted by atomic mass is 10.2. The standard InChI is InChI=1S/C14H12N2O2S/c1-2-10-12(13(17)18)16-11(8-19-14(16)15-10)9-6-4-3-5-7-9/h3-8H,2H2,1H3,(H,17,18). The molecule has 0 fully saturated rings. The lowest BCUT2D eigenvalue weighted by molar-refractivity contribution is 0.0688. The number of hydrogen-bond acceptors (Lipinski definition) is 3. The van der Waals surface area contributed by atoms with Crippen LogP contribution in [0.4, 0.5) is 0 Å². The third-order valence-corrected chi connectivity index (χ3v) is 3.87. The van der Waals surface area contributed by atoms with Crippen LogP contribution in [-0.4, -0.2) is 20.5 Å². The minimum absolute atomic E-state index is 0.276. The summed E-state index contributed by atoms with van der Waals surface area (Å²) in [5.41, 5.74) is 2.79. The average Bonchev–Trinajstić information content (AvgIpc) is 2.97. The zero-order chi connectivity index (χ0) is 13.4. The van der Waals surface area contributed by atoms with E-state index in [1.165, 1.54) is 11.3 Å². The van der Waals surface area contributed by atoms with E-state index in [9.17, 15) is 9.90 Å². The maximum atomic E-state index is 11.5. The Balaban J connectivity index is 2.33. The van der Waals surface area contributed by atoms with Crippen LogP contribution >= 0.6 is 11.3 Å². The van der Waals surface area contributed by atoms with Gasteiger partial charge < -0.3 is 5.11 Å². The van der Waals surface area contributed by atoms with E-state index in [-0.39, 0.29) is 5.69 Å². The number of hydrogen-bond donors (Lipinski definition) is 1. The van der Waals surface area contributed by atoms with Crippen molar-refractivity contribution in [3.8, 4) is 11.3 Å². The first-order valence-electron chi connectivity index (χ1n) is 6.00. The highest BCUT2D eigenvalue weighted by Gasteiger charge is 2.21. The number of carbonyl (C=O) groups is 1. The largest absolute Gasteiger partial charge is 0.477 e. The van der Waals surface area contributed by atoms with Crippen molar-refractivity contribution in [2.24, 2.45) is 0 Å². The Hall–Kier alpha value is -2.14. The highest BCUT2D eigenvalue weighted by atomic mass is 32.1. The molecule has 5 heteroatoms. The van der Waals surface area contributed by atoms with Gasteiger partial charge in [-0.05, 0) is 12.0 Å². The van der Waals surface area contributed by atoms with Crippen molar-refractivity contribution in [1.29, 1.82) is 0 Å². The Kier molecular flexibility index (Phi) is 2.83. The van der Waals surface area contributed by atoms with Crippen molar-refractivity contribution in [2.75, 3.05) is 0 Å². The number of carboxylic acids is 1. The van der Waals surface area contributed by atoms with Gasteiger partial charge in [0, 0.05) is 5.38 Å². The summed E-state index contributed by atoms with van der Waals surface area (Å²) in [5.74, 6) is -0.931. The zero-order valence-electron chi connectivity index (χ0n) is 10.3. The predicted octanol–water partition coefficient (Wildman–Crippen LogP) is 3.32. The third kappa shape index (κ3) is 1.82. The molecule has 1 N–H and O–H groups in total. The molecule has 0 atom stereocenters. The first-order chi connectivity index (χ1) is 9.22. The second kappa shape index (κ2) is 4.51. The van der Waals surface area contributed by atoms with Gasteiger partial charge in [0.25, 0.3) is 0 Å². The van der Waals surface area contributed by atoms with E-state index in [1.54, 1.807) is 4.40 Å². The maximum Gasteiger partial charge on any atom is 0.354 e. The summed E-state index contributed by atoms with van der Waals surface area (Å²) in [5, 5.41) is 11.4. The molecule has 19 heavy (non-hydrogen) atoms. The first-order valence-corrected chi connectivity index (χ1v) is 6.88. The molecule has 0 amide bonds. The van der Waals surface area contributed by atoms with Crippen molar-refractivity contribution >= 4 is 22.3 Å². The summed E-state index contributed by atoms with van der Waals surface area (Å²) >= 11 is 1.47. The van der Waals surface area contributed by atoms with Crippen LogP contribution in [-0.2, 0) is 6.42 Å². The van der Waals surface area contributed by atoms with Crippen LogP contribution in [0.15, 0.2) is 35.7 Å². The smallest absolute Gasteiger partial charge is 0.354 e. The van der Waals surface area contributed by atoms with Crippen LogP contribution in [0, 0.1) is 0 Å². The van der Waals surface area contributed by atoms with Gasteiger partial charge >= 0.3 is 5.97 Å². The zero-order valence-corrected chi connectivity index (χ0v) is 11.1. The van der Waals surface area contributed by atoms with E-state index >= 15 is 0 Å². The second-order valence-corrected chi connectivity index (χ2v) is 5.01. The number of nitrogens with zero attached hydrogens (tertiary/aromatic N) is 2. The van der Waals surface area contributed by atoms with Gasteiger partial charge in [0.15, 0.2) is 10.7 Å². The van der Waals surface area contributed by atoms with Crippen molar-refractivity contribution in [2.45, 2.75) is 13.3 Å². The Morgan fingerprint density at radius 2 is 2.11 bits per heavy atom. The fraction of sp³-hybridized carbons (Fsp3) is 0.143. The molecule has 0 radical (unpaired) electrons. The summed E-state index contributed by atoms with van der Waals surface area (Å²) in [4.78, 5) is 16.6. The molecule has 0 aliphatic heterocycles. The molecule has 1 aromatic carbocycles. The molecular weight excluding hydrogens is 260 g/mol. The molecule has 3 rings (SSSR count).